The fraction of sp³-hybridized carbons (Fsp3) is 0.500. The Morgan fingerprint density at radius 1 is 1.45 bits per heavy atom. The first-order valence-electron chi connectivity index (χ1n) is 9.45. The second-order valence-electron chi connectivity index (χ2n) is 7.74. The zero-order valence-electron chi connectivity index (χ0n) is 16.7. The largest absolute Gasteiger partial charge is 0.390 e. The quantitative estimate of drug-likeness (QED) is 0.156. The van der Waals surface area contributed by atoms with Crippen LogP contribution in [0.4, 0.5) is 0 Å². The summed E-state index contributed by atoms with van der Waals surface area (Å²) in [5.41, 5.74) is 10.6. The van der Waals surface area contributed by atoms with E-state index in [4.69, 9.17) is 5.53 Å². The lowest BCUT2D eigenvalue weighted by molar-refractivity contribution is -0.491. The van der Waals surface area contributed by atoms with Crippen LogP contribution in [0.15, 0.2) is 46.9 Å². The van der Waals surface area contributed by atoms with Crippen molar-refractivity contribution in [3.05, 3.63) is 63.0 Å². The molecule has 2 N–H and O–H groups in total. The van der Waals surface area contributed by atoms with E-state index in [0.717, 1.165) is 5.56 Å². The standard InChI is InChI=1S/C18H22N6O6S/c1-3-18-15(14(10-23(27)28)13(17(18)26)9-20-22-19)8-16(25)24(21-18)31(29,30)12-6-4-11(2)5-7-12/h3-7,13-15,17,21,26H,1,8-10H2,2H3/t13-,14-,15?,17+,18+/m1/s1. The molecule has 1 saturated carbocycles. The van der Waals surface area contributed by atoms with Crippen molar-refractivity contribution < 1.29 is 23.2 Å². The van der Waals surface area contributed by atoms with E-state index < -0.39 is 56.8 Å². The number of aliphatic hydroxyl groups is 1. The molecule has 3 rings (SSSR count). The summed E-state index contributed by atoms with van der Waals surface area (Å²) in [7, 11) is -4.32. The average molecular weight is 450 g/mol. The highest BCUT2D eigenvalue weighted by Crippen LogP contribution is 2.50. The number of carbonyl (C=O) groups excluding carboxylic acids is 1. The maximum atomic E-state index is 13.1. The number of carbonyl (C=O) groups is 1. The van der Waals surface area contributed by atoms with Crippen LogP contribution in [0.3, 0.4) is 0 Å². The summed E-state index contributed by atoms with van der Waals surface area (Å²) in [5.74, 6) is -3.34. The number of nitro groups is 1. The van der Waals surface area contributed by atoms with Gasteiger partial charge >= 0.3 is 0 Å². The van der Waals surface area contributed by atoms with Crippen LogP contribution in [0.2, 0.25) is 0 Å². The number of aryl methyl sites for hydroxylation is 1. The molecular formula is C18H22N6O6S. The zero-order valence-corrected chi connectivity index (χ0v) is 17.5. The smallest absolute Gasteiger partial charge is 0.280 e. The van der Waals surface area contributed by atoms with Gasteiger partial charge in [0, 0.05) is 40.6 Å². The third-order valence-electron chi connectivity index (χ3n) is 6.10. The van der Waals surface area contributed by atoms with E-state index in [1.165, 1.54) is 18.2 Å². The number of hydrazine groups is 1. The van der Waals surface area contributed by atoms with Crippen LogP contribution in [0.1, 0.15) is 12.0 Å². The van der Waals surface area contributed by atoms with Crippen molar-refractivity contribution in [3.8, 4) is 0 Å². The van der Waals surface area contributed by atoms with Gasteiger partial charge in [-0.2, -0.15) is 12.8 Å². The fourth-order valence-electron chi connectivity index (χ4n) is 4.57. The molecule has 1 aromatic carbocycles. The van der Waals surface area contributed by atoms with E-state index in [0.29, 0.717) is 4.41 Å². The molecular weight excluding hydrogens is 428 g/mol. The maximum absolute atomic E-state index is 13.1. The van der Waals surface area contributed by atoms with E-state index in [1.54, 1.807) is 19.1 Å². The van der Waals surface area contributed by atoms with E-state index in [1.807, 2.05) is 0 Å². The summed E-state index contributed by atoms with van der Waals surface area (Å²) in [6, 6.07) is 5.89. The number of nitrogens with one attached hydrogen (secondary N) is 1. The number of rotatable bonds is 7. The second kappa shape index (κ2) is 8.27. The average Bonchev–Trinajstić information content (AvgIpc) is 2.93. The monoisotopic (exact) mass is 450 g/mol. The van der Waals surface area contributed by atoms with Crippen molar-refractivity contribution in [2.75, 3.05) is 13.1 Å². The SMILES string of the molecule is C=C[C@]12NN(S(=O)(=O)c3ccc(C)cc3)C(=O)CC1[C@H](C[N+](=O)[O-])[C@@H](CN=[N+]=[N-])[C@@H]2O. The van der Waals surface area contributed by atoms with Crippen LogP contribution in [-0.2, 0) is 14.8 Å². The molecule has 1 aliphatic heterocycles. The van der Waals surface area contributed by atoms with Crippen LogP contribution >= 0.6 is 0 Å². The molecule has 12 nitrogen and oxygen atoms in total. The summed E-state index contributed by atoms with van der Waals surface area (Å²) in [6.45, 7) is 4.65. The van der Waals surface area contributed by atoms with E-state index in [9.17, 15) is 28.4 Å². The first kappa shape index (κ1) is 22.7. The van der Waals surface area contributed by atoms with E-state index in [-0.39, 0.29) is 17.9 Å². The van der Waals surface area contributed by atoms with Gasteiger partial charge in [0.05, 0.1) is 16.5 Å². The minimum Gasteiger partial charge on any atom is -0.390 e. The maximum Gasteiger partial charge on any atom is 0.280 e. The van der Waals surface area contributed by atoms with Gasteiger partial charge in [0.25, 0.3) is 15.9 Å². The number of nitrogens with zero attached hydrogens (tertiary/aromatic N) is 5. The Morgan fingerprint density at radius 2 is 2.10 bits per heavy atom. The predicted octanol–water partition coefficient (Wildman–Crippen LogP) is 1.16. The van der Waals surface area contributed by atoms with Crippen molar-refractivity contribution in [1.29, 1.82) is 0 Å². The van der Waals surface area contributed by atoms with Crippen molar-refractivity contribution >= 4 is 15.9 Å². The summed E-state index contributed by atoms with van der Waals surface area (Å²) in [4.78, 5) is 26.1. The van der Waals surface area contributed by atoms with Gasteiger partial charge in [-0.1, -0.05) is 28.9 Å². The van der Waals surface area contributed by atoms with Gasteiger partial charge in [0.2, 0.25) is 6.54 Å². The second-order valence-corrected chi connectivity index (χ2v) is 9.52. The number of fused-ring (bicyclic) bond motifs is 1. The Hall–Kier alpha value is -2.99. The highest BCUT2D eigenvalue weighted by Gasteiger charge is 2.64. The molecule has 13 heteroatoms. The number of hydrogen-bond acceptors (Lipinski definition) is 8. The van der Waals surface area contributed by atoms with Crippen LogP contribution in [0, 0.1) is 34.8 Å². The lowest BCUT2D eigenvalue weighted by Crippen LogP contribution is -2.68. The molecule has 31 heavy (non-hydrogen) atoms. The molecule has 0 aromatic heterocycles. The molecule has 5 atom stereocenters. The third kappa shape index (κ3) is 3.76. The van der Waals surface area contributed by atoms with Crippen molar-refractivity contribution in [1.82, 2.24) is 9.84 Å². The molecule has 0 bridgehead atoms. The molecule has 1 heterocycles. The van der Waals surface area contributed by atoms with Gasteiger partial charge in [-0.15, -0.1) is 6.58 Å². The van der Waals surface area contributed by atoms with Gasteiger partial charge < -0.3 is 5.11 Å². The Kier molecular flexibility index (Phi) is 6.05. The molecule has 166 valence electrons. The summed E-state index contributed by atoms with van der Waals surface area (Å²) in [5, 5.41) is 25.7. The first-order valence-corrected chi connectivity index (χ1v) is 10.9. The Bertz CT molecular complexity index is 1050. The minimum atomic E-state index is -4.32. The van der Waals surface area contributed by atoms with Crippen molar-refractivity contribution in [2.24, 2.45) is 22.9 Å². The molecule has 2 aliphatic rings. The first-order chi connectivity index (χ1) is 14.6. The molecule has 2 fully saturated rings. The van der Waals surface area contributed by atoms with Gasteiger partial charge in [-0.05, 0) is 24.6 Å². The van der Waals surface area contributed by atoms with Crippen LogP contribution in [-0.4, -0.2) is 53.5 Å². The Morgan fingerprint density at radius 3 is 2.65 bits per heavy atom. The topological polar surface area (TPSA) is 179 Å². The van der Waals surface area contributed by atoms with Crippen LogP contribution in [0.5, 0.6) is 0 Å². The molecule has 1 aromatic rings. The number of aliphatic hydroxyl groups excluding tert-OH is 1. The Labute approximate surface area is 178 Å². The minimum absolute atomic E-state index is 0.128. The zero-order chi connectivity index (χ0) is 23.0. The number of benzene rings is 1. The number of amides is 1. The lowest BCUT2D eigenvalue weighted by Gasteiger charge is -2.45. The summed E-state index contributed by atoms with van der Waals surface area (Å²) >= 11 is 0. The predicted molar refractivity (Wildman–Crippen MR) is 108 cm³/mol. The van der Waals surface area contributed by atoms with Crippen molar-refractivity contribution in [3.63, 3.8) is 0 Å². The van der Waals surface area contributed by atoms with Gasteiger partial charge in [-0.3, -0.25) is 14.9 Å². The van der Waals surface area contributed by atoms with Crippen LogP contribution < -0.4 is 5.43 Å². The van der Waals surface area contributed by atoms with E-state index >= 15 is 0 Å². The lowest BCUT2D eigenvalue weighted by atomic mass is 9.78. The highest BCUT2D eigenvalue weighted by atomic mass is 32.2. The molecule has 1 unspecified atom stereocenters. The summed E-state index contributed by atoms with van der Waals surface area (Å²) in [6.07, 6.45) is -0.476. The molecule has 0 spiro atoms. The molecule has 1 aliphatic carbocycles. The number of hydrogen-bond donors (Lipinski definition) is 2. The normalized spacial score (nSPS) is 30.4. The van der Waals surface area contributed by atoms with Gasteiger partial charge in [-0.25, -0.2) is 5.43 Å². The van der Waals surface area contributed by atoms with Gasteiger partial charge in [0.15, 0.2) is 0 Å². The molecule has 0 radical (unpaired) electrons. The van der Waals surface area contributed by atoms with Crippen molar-refractivity contribution in [2.45, 2.75) is 29.9 Å². The Balaban J connectivity index is 2.05. The number of sulfonamides is 1. The van der Waals surface area contributed by atoms with Crippen LogP contribution in [0.25, 0.3) is 10.4 Å². The molecule has 1 saturated heterocycles. The highest BCUT2D eigenvalue weighted by molar-refractivity contribution is 7.89. The fourth-order valence-corrected chi connectivity index (χ4v) is 5.88. The van der Waals surface area contributed by atoms with E-state index in [2.05, 4.69) is 22.0 Å². The van der Waals surface area contributed by atoms with Gasteiger partial charge in [0.1, 0.15) is 0 Å². The molecule has 1 amide bonds. The summed E-state index contributed by atoms with van der Waals surface area (Å²) < 4.78 is 26.7. The third-order valence-corrected chi connectivity index (χ3v) is 7.75. The number of azide groups is 1.